The van der Waals surface area contributed by atoms with Gasteiger partial charge in [-0.25, -0.2) is 4.98 Å². The second kappa shape index (κ2) is 7.67. The van der Waals surface area contributed by atoms with Crippen molar-refractivity contribution in [3.05, 3.63) is 46.7 Å². The average Bonchev–Trinajstić information content (AvgIpc) is 2.85. The van der Waals surface area contributed by atoms with E-state index in [0.717, 1.165) is 28.3 Å². The topological polar surface area (TPSA) is 71.7 Å². The molecule has 23 heavy (non-hydrogen) atoms. The Bertz CT molecular complexity index is 672. The van der Waals surface area contributed by atoms with Crippen LogP contribution in [0.5, 0.6) is 5.75 Å². The number of oxazole rings is 1. The van der Waals surface area contributed by atoms with Crippen LogP contribution in [0, 0.1) is 20.8 Å². The first-order valence-corrected chi connectivity index (χ1v) is 7.53. The Balaban J connectivity index is 1.91. The Morgan fingerprint density at radius 3 is 2.52 bits per heavy atom. The molecular weight excluding hydrogens is 292 g/mol. The fourth-order valence-corrected chi connectivity index (χ4v) is 2.22. The normalized spacial score (nSPS) is 11.4. The van der Waals surface area contributed by atoms with Gasteiger partial charge in [0.25, 0.3) is 0 Å². The second-order valence-corrected chi connectivity index (χ2v) is 5.39. The molecule has 2 aromatic rings. The summed E-state index contributed by atoms with van der Waals surface area (Å²) in [6.45, 7) is 7.03. The fourth-order valence-electron chi connectivity index (χ4n) is 2.22. The molecule has 0 aliphatic rings. The van der Waals surface area contributed by atoms with Crippen LogP contribution in [-0.2, 0) is 13.1 Å². The van der Waals surface area contributed by atoms with Gasteiger partial charge in [0.2, 0.25) is 5.89 Å². The van der Waals surface area contributed by atoms with Gasteiger partial charge in [-0.1, -0.05) is 6.07 Å². The van der Waals surface area contributed by atoms with Crippen molar-refractivity contribution in [3.8, 4) is 5.75 Å². The van der Waals surface area contributed by atoms with Gasteiger partial charge in [-0.3, -0.25) is 4.99 Å². The van der Waals surface area contributed by atoms with Gasteiger partial charge in [-0.05, 0) is 44.0 Å². The third-order valence-corrected chi connectivity index (χ3v) is 3.51. The molecule has 0 spiro atoms. The first-order valence-electron chi connectivity index (χ1n) is 7.53. The molecule has 6 heteroatoms. The highest BCUT2D eigenvalue weighted by atomic mass is 16.5. The number of hydrogen-bond donors (Lipinski definition) is 2. The fraction of sp³-hybridized carbons (Fsp3) is 0.412. The Labute approximate surface area is 137 Å². The third kappa shape index (κ3) is 4.74. The van der Waals surface area contributed by atoms with E-state index in [1.807, 2.05) is 32.9 Å². The number of nitrogens with zero attached hydrogens (tertiary/aromatic N) is 2. The predicted molar refractivity (Wildman–Crippen MR) is 90.7 cm³/mol. The molecule has 0 radical (unpaired) electrons. The molecule has 0 saturated heterocycles. The quantitative estimate of drug-likeness (QED) is 0.655. The molecule has 0 fully saturated rings. The molecule has 2 rings (SSSR count). The predicted octanol–water partition coefficient (Wildman–Crippen LogP) is 2.47. The molecule has 2 N–H and O–H groups in total. The Kier molecular flexibility index (Phi) is 5.62. The van der Waals surface area contributed by atoms with Crippen molar-refractivity contribution in [1.82, 2.24) is 15.6 Å². The third-order valence-electron chi connectivity index (χ3n) is 3.51. The first-order chi connectivity index (χ1) is 11.0. The molecule has 6 nitrogen and oxygen atoms in total. The van der Waals surface area contributed by atoms with E-state index in [9.17, 15) is 0 Å². The molecule has 0 amide bonds. The molecule has 0 atom stereocenters. The summed E-state index contributed by atoms with van der Waals surface area (Å²) < 4.78 is 10.8. The molecule has 1 heterocycles. The number of aromatic nitrogens is 1. The molecule has 1 aromatic heterocycles. The average molecular weight is 316 g/mol. The highest BCUT2D eigenvalue weighted by molar-refractivity contribution is 5.79. The maximum atomic E-state index is 5.55. The van der Waals surface area contributed by atoms with Crippen LogP contribution in [-0.4, -0.2) is 25.1 Å². The summed E-state index contributed by atoms with van der Waals surface area (Å²) >= 11 is 0. The van der Waals surface area contributed by atoms with Crippen LogP contribution in [0.4, 0.5) is 0 Å². The molecule has 1 aromatic carbocycles. The van der Waals surface area contributed by atoms with Crippen LogP contribution in [0.25, 0.3) is 0 Å². The molecule has 0 unspecified atom stereocenters. The lowest BCUT2D eigenvalue weighted by Gasteiger charge is -2.12. The zero-order chi connectivity index (χ0) is 16.8. The van der Waals surface area contributed by atoms with Gasteiger partial charge >= 0.3 is 0 Å². The lowest BCUT2D eigenvalue weighted by atomic mass is 10.1. The van der Waals surface area contributed by atoms with Crippen molar-refractivity contribution in [2.45, 2.75) is 33.9 Å². The highest BCUT2D eigenvalue weighted by Crippen LogP contribution is 2.16. The summed E-state index contributed by atoms with van der Waals surface area (Å²) in [5, 5.41) is 6.46. The number of methoxy groups -OCH3 is 1. The van der Waals surface area contributed by atoms with E-state index in [2.05, 4.69) is 26.7 Å². The van der Waals surface area contributed by atoms with Crippen LogP contribution < -0.4 is 15.4 Å². The van der Waals surface area contributed by atoms with E-state index in [1.54, 1.807) is 14.2 Å². The van der Waals surface area contributed by atoms with Crippen molar-refractivity contribution in [3.63, 3.8) is 0 Å². The van der Waals surface area contributed by atoms with Crippen LogP contribution >= 0.6 is 0 Å². The Morgan fingerprint density at radius 1 is 1.17 bits per heavy atom. The number of nitrogens with one attached hydrogen (secondary N) is 2. The molecule has 0 bridgehead atoms. The minimum absolute atomic E-state index is 0.492. The standard InChI is InChI=1S/C17H24N4O2/c1-11-6-14(8-15(7-11)22-5)9-19-17(18-4)20-10-16-21-12(2)13(3)23-16/h6-8H,9-10H2,1-5H3,(H2,18,19,20). The zero-order valence-corrected chi connectivity index (χ0v) is 14.4. The lowest BCUT2D eigenvalue weighted by molar-refractivity contribution is 0.414. The van der Waals surface area contributed by atoms with Crippen LogP contribution in [0.1, 0.15) is 28.5 Å². The van der Waals surface area contributed by atoms with Gasteiger partial charge in [0, 0.05) is 13.6 Å². The largest absolute Gasteiger partial charge is 0.497 e. The van der Waals surface area contributed by atoms with Gasteiger partial charge in [-0.2, -0.15) is 0 Å². The highest BCUT2D eigenvalue weighted by Gasteiger charge is 2.06. The van der Waals surface area contributed by atoms with E-state index in [0.29, 0.717) is 24.9 Å². The lowest BCUT2D eigenvalue weighted by Crippen LogP contribution is -2.36. The van der Waals surface area contributed by atoms with Crippen LogP contribution in [0.3, 0.4) is 0 Å². The van der Waals surface area contributed by atoms with Crippen molar-refractivity contribution < 1.29 is 9.15 Å². The maximum absolute atomic E-state index is 5.55. The van der Waals surface area contributed by atoms with Crippen molar-refractivity contribution in [2.24, 2.45) is 4.99 Å². The minimum atomic E-state index is 0.492. The second-order valence-electron chi connectivity index (χ2n) is 5.39. The van der Waals surface area contributed by atoms with E-state index in [-0.39, 0.29) is 0 Å². The van der Waals surface area contributed by atoms with Gasteiger partial charge in [0.15, 0.2) is 5.96 Å². The summed E-state index contributed by atoms with van der Waals surface area (Å²) in [7, 11) is 3.41. The SMILES string of the molecule is CN=C(NCc1cc(C)cc(OC)c1)NCc1nc(C)c(C)o1. The molecule has 0 saturated carbocycles. The number of hydrogen-bond acceptors (Lipinski definition) is 4. The first kappa shape index (κ1) is 16.9. The molecule has 0 aliphatic heterocycles. The number of rotatable bonds is 5. The van der Waals surface area contributed by atoms with E-state index >= 15 is 0 Å². The van der Waals surface area contributed by atoms with Gasteiger partial charge in [-0.15, -0.1) is 0 Å². The minimum Gasteiger partial charge on any atom is -0.497 e. The van der Waals surface area contributed by atoms with Crippen molar-refractivity contribution in [1.29, 1.82) is 0 Å². The summed E-state index contributed by atoms with van der Waals surface area (Å²) in [4.78, 5) is 8.55. The summed E-state index contributed by atoms with van der Waals surface area (Å²) in [5.41, 5.74) is 3.21. The molecule has 124 valence electrons. The van der Waals surface area contributed by atoms with E-state index in [4.69, 9.17) is 9.15 Å². The van der Waals surface area contributed by atoms with E-state index < -0.39 is 0 Å². The van der Waals surface area contributed by atoms with Gasteiger partial charge < -0.3 is 19.8 Å². The summed E-state index contributed by atoms with van der Waals surface area (Å²) in [6.07, 6.45) is 0. The Morgan fingerprint density at radius 2 is 1.91 bits per heavy atom. The van der Waals surface area contributed by atoms with Crippen molar-refractivity contribution in [2.75, 3.05) is 14.2 Å². The number of aryl methyl sites for hydroxylation is 3. The summed E-state index contributed by atoms with van der Waals surface area (Å²) in [5.74, 6) is 3.05. The monoisotopic (exact) mass is 316 g/mol. The van der Waals surface area contributed by atoms with Crippen LogP contribution in [0.2, 0.25) is 0 Å². The van der Waals surface area contributed by atoms with Crippen LogP contribution in [0.15, 0.2) is 27.6 Å². The smallest absolute Gasteiger partial charge is 0.214 e. The number of ether oxygens (including phenoxy) is 1. The summed E-state index contributed by atoms with van der Waals surface area (Å²) in [6, 6.07) is 6.13. The van der Waals surface area contributed by atoms with Gasteiger partial charge in [0.05, 0.1) is 19.3 Å². The van der Waals surface area contributed by atoms with Crippen molar-refractivity contribution >= 4 is 5.96 Å². The Hall–Kier alpha value is -2.50. The molecular formula is C17H24N4O2. The van der Waals surface area contributed by atoms with Gasteiger partial charge in [0.1, 0.15) is 11.5 Å². The number of aliphatic imine (C=N–C) groups is 1. The zero-order valence-electron chi connectivity index (χ0n) is 14.4. The van der Waals surface area contributed by atoms with E-state index in [1.165, 1.54) is 0 Å². The number of benzene rings is 1. The number of guanidine groups is 1. The maximum Gasteiger partial charge on any atom is 0.214 e. The molecule has 0 aliphatic carbocycles.